The van der Waals surface area contributed by atoms with E-state index in [1.165, 1.54) is 29.8 Å². The Balaban J connectivity index is 0.00000481. The summed E-state index contributed by atoms with van der Waals surface area (Å²) in [6, 6.07) is 18.0. The first kappa shape index (κ1) is 30.2. The van der Waals surface area contributed by atoms with Gasteiger partial charge in [-0.25, -0.2) is 4.79 Å². The third kappa shape index (κ3) is 8.80. The normalized spacial score (nSPS) is 11.2. The summed E-state index contributed by atoms with van der Waals surface area (Å²) in [6.07, 6.45) is -4.79. The molecule has 0 atom stereocenters. The molecular weight excluding hydrogens is 498 g/mol. The molecular formula is C27H27F3NNaO5. The van der Waals surface area contributed by atoms with Gasteiger partial charge in [-0.1, -0.05) is 63.2 Å². The van der Waals surface area contributed by atoms with Crippen LogP contribution < -0.4 is 14.8 Å². The molecule has 1 amide bonds. The fourth-order valence-electron chi connectivity index (χ4n) is 3.31. The number of carbonyl (C=O) groups is 2. The fraction of sp³-hybridized carbons (Fsp3) is 0.259. The summed E-state index contributed by atoms with van der Waals surface area (Å²) in [5, 5.41) is 2.47. The summed E-state index contributed by atoms with van der Waals surface area (Å²) in [4.78, 5) is 23.8. The molecule has 0 unspecified atom stereocenters. The molecule has 3 rings (SSSR count). The second-order valence-corrected chi connectivity index (χ2v) is 8.96. The molecule has 10 heteroatoms. The summed E-state index contributed by atoms with van der Waals surface area (Å²) in [5.74, 6) is -2.14. The van der Waals surface area contributed by atoms with Gasteiger partial charge in [0.15, 0.2) is 0 Å². The van der Waals surface area contributed by atoms with Gasteiger partial charge < -0.3 is 19.5 Å². The second-order valence-electron chi connectivity index (χ2n) is 8.96. The molecule has 0 aromatic heterocycles. The number of alkyl halides is 3. The molecule has 3 aromatic carbocycles. The van der Waals surface area contributed by atoms with Gasteiger partial charge in [0.2, 0.25) is 0 Å². The van der Waals surface area contributed by atoms with Crippen molar-refractivity contribution >= 4 is 47.1 Å². The van der Waals surface area contributed by atoms with Crippen molar-refractivity contribution in [2.24, 2.45) is 0 Å². The fourth-order valence-corrected chi connectivity index (χ4v) is 3.31. The molecule has 0 radical (unpaired) electrons. The van der Waals surface area contributed by atoms with Crippen molar-refractivity contribution in [3.8, 4) is 22.6 Å². The zero-order chi connectivity index (χ0) is 26.5. The van der Waals surface area contributed by atoms with E-state index in [0.717, 1.165) is 12.7 Å². The van der Waals surface area contributed by atoms with Gasteiger partial charge in [0.05, 0.1) is 12.8 Å². The van der Waals surface area contributed by atoms with Crippen LogP contribution in [-0.2, 0) is 26.3 Å². The van der Waals surface area contributed by atoms with Crippen molar-refractivity contribution < 1.29 is 37.0 Å². The molecule has 0 bridgehead atoms. The van der Waals surface area contributed by atoms with Gasteiger partial charge in [-0.15, -0.1) is 13.2 Å². The van der Waals surface area contributed by atoms with Crippen LogP contribution in [0.25, 0.3) is 11.1 Å². The van der Waals surface area contributed by atoms with Gasteiger partial charge in [0.25, 0.3) is 0 Å². The molecule has 0 aliphatic carbocycles. The van der Waals surface area contributed by atoms with Gasteiger partial charge in [-0.3, -0.25) is 4.79 Å². The maximum absolute atomic E-state index is 12.4. The number of methoxy groups -OCH3 is 1. The topological polar surface area (TPSA) is 73.9 Å². The Morgan fingerprint density at radius 2 is 1.46 bits per heavy atom. The van der Waals surface area contributed by atoms with Crippen LogP contribution in [0, 0.1) is 0 Å². The molecule has 0 spiro atoms. The van der Waals surface area contributed by atoms with Crippen LogP contribution in [0.3, 0.4) is 0 Å². The Labute approximate surface area is 235 Å². The zero-order valence-corrected chi connectivity index (χ0v) is 20.2. The second kappa shape index (κ2) is 12.5. The molecule has 1 N–H and O–H groups in total. The van der Waals surface area contributed by atoms with E-state index in [1.807, 2.05) is 24.3 Å². The summed E-state index contributed by atoms with van der Waals surface area (Å²) in [6.45, 7) is 6.56. The summed E-state index contributed by atoms with van der Waals surface area (Å²) in [7, 11) is 1.08. The average molecular weight is 525 g/mol. The standard InChI is InChI=1S/C27H26F3NO5.Na.H/c1-26(2,3)20-10-5-17(6-11-20)16-35-23-14-9-19(15-22(23)31-24(32)25(33)34-4)18-7-12-21(13-8-18)36-27(28,29)30;;/h5-15H,16H2,1-4H3,(H,31,32);;. The molecule has 0 saturated heterocycles. The van der Waals surface area contributed by atoms with Crippen molar-refractivity contribution in [3.05, 3.63) is 77.9 Å². The molecule has 0 aliphatic rings. The third-order valence-electron chi connectivity index (χ3n) is 5.23. The molecule has 3 aromatic rings. The van der Waals surface area contributed by atoms with E-state index in [-0.39, 0.29) is 53.0 Å². The van der Waals surface area contributed by atoms with Gasteiger partial charge in [-0.05, 0) is 51.9 Å². The van der Waals surface area contributed by atoms with E-state index in [1.54, 1.807) is 18.2 Å². The Hall–Kier alpha value is -3.01. The summed E-state index contributed by atoms with van der Waals surface area (Å²) >= 11 is 0. The SMILES string of the molecule is COC(=O)C(=O)Nc1cc(-c2ccc(OC(F)(F)F)cc2)ccc1OCc1ccc(C(C)(C)C)cc1.[NaH]. The number of ether oxygens (including phenoxy) is 3. The molecule has 192 valence electrons. The first-order valence-electron chi connectivity index (χ1n) is 11.0. The van der Waals surface area contributed by atoms with E-state index in [2.05, 4.69) is 35.6 Å². The van der Waals surface area contributed by atoms with Crippen LogP contribution in [-0.4, -0.2) is 54.9 Å². The number of esters is 1. The van der Waals surface area contributed by atoms with Crippen LogP contribution in [0.1, 0.15) is 31.9 Å². The number of rotatable bonds is 6. The molecule has 0 fully saturated rings. The number of benzene rings is 3. The Morgan fingerprint density at radius 3 is 2.00 bits per heavy atom. The first-order chi connectivity index (χ1) is 16.9. The maximum atomic E-state index is 12.4. The van der Waals surface area contributed by atoms with Crippen LogP contribution in [0.5, 0.6) is 11.5 Å². The van der Waals surface area contributed by atoms with Gasteiger partial charge in [0, 0.05) is 0 Å². The first-order valence-corrected chi connectivity index (χ1v) is 11.0. The molecule has 0 heterocycles. The quantitative estimate of drug-likeness (QED) is 0.258. The number of hydrogen-bond acceptors (Lipinski definition) is 5. The van der Waals surface area contributed by atoms with E-state index >= 15 is 0 Å². The minimum atomic E-state index is -4.79. The number of carbonyl (C=O) groups excluding carboxylic acids is 2. The summed E-state index contributed by atoms with van der Waals surface area (Å²) < 4.78 is 51.6. The van der Waals surface area contributed by atoms with E-state index in [9.17, 15) is 22.8 Å². The van der Waals surface area contributed by atoms with E-state index in [0.29, 0.717) is 16.9 Å². The van der Waals surface area contributed by atoms with Crippen molar-refractivity contribution in [3.63, 3.8) is 0 Å². The predicted molar refractivity (Wildman–Crippen MR) is 136 cm³/mol. The number of amides is 1. The van der Waals surface area contributed by atoms with Crippen molar-refractivity contribution in [2.75, 3.05) is 12.4 Å². The van der Waals surface area contributed by atoms with Crippen LogP contribution in [0.2, 0.25) is 0 Å². The minimum absolute atomic E-state index is 0. The average Bonchev–Trinajstić information content (AvgIpc) is 2.82. The van der Waals surface area contributed by atoms with E-state index < -0.39 is 18.2 Å². The Kier molecular flexibility index (Phi) is 10.2. The molecule has 6 nitrogen and oxygen atoms in total. The zero-order valence-electron chi connectivity index (χ0n) is 20.2. The van der Waals surface area contributed by atoms with Crippen LogP contribution in [0.15, 0.2) is 66.7 Å². The Morgan fingerprint density at radius 1 is 0.865 bits per heavy atom. The van der Waals surface area contributed by atoms with Gasteiger partial charge >= 0.3 is 47.8 Å². The molecule has 0 aliphatic heterocycles. The number of halogens is 3. The summed E-state index contributed by atoms with van der Waals surface area (Å²) in [5.41, 5.74) is 3.41. The van der Waals surface area contributed by atoms with Crippen LogP contribution >= 0.6 is 0 Å². The van der Waals surface area contributed by atoms with Crippen molar-refractivity contribution in [1.29, 1.82) is 0 Å². The Bertz CT molecular complexity index is 1220. The number of hydrogen-bond donors (Lipinski definition) is 1. The van der Waals surface area contributed by atoms with Crippen molar-refractivity contribution in [2.45, 2.75) is 39.2 Å². The monoisotopic (exact) mass is 525 g/mol. The number of anilines is 1. The van der Waals surface area contributed by atoms with E-state index in [4.69, 9.17) is 4.74 Å². The third-order valence-corrected chi connectivity index (χ3v) is 5.23. The van der Waals surface area contributed by atoms with Crippen molar-refractivity contribution in [1.82, 2.24) is 0 Å². The molecule has 0 saturated carbocycles. The van der Waals surface area contributed by atoms with Crippen LogP contribution in [0.4, 0.5) is 18.9 Å². The predicted octanol–water partition coefficient (Wildman–Crippen LogP) is 5.59. The van der Waals surface area contributed by atoms with Gasteiger partial charge in [0.1, 0.15) is 18.1 Å². The van der Waals surface area contributed by atoms with Gasteiger partial charge in [-0.2, -0.15) is 0 Å². The number of nitrogens with one attached hydrogen (secondary N) is 1. The molecule has 37 heavy (non-hydrogen) atoms.